The van der Waals surface area contributed by atoms with E-state index in [0.29, 0.717) is 6.61 Å². The lowest BCUT2D eigenvalue weighted by Crippen LogP contribution is -2.02. The van der Waals surface area contributed by atoms with E-state index in [-0.39, 0.29) is 0 Å². The fourth-order valence-electron chi connectivity index (χ4n) is 0.542. The van der Waals surface area contributed by atoms with E-state index in [0.717, 1.165) is 5.71 Å². The standard InChI is InChI=1S/C7H7NO/c1-9-6-7-4-2-3-5-8-7/h4-5H,6H2,1H3. The van der Waals surface area contributed by atoms with Gasteiger partial charge in [0.2, 0.25) is 0 Å². The molecule has 0 aromatic heterocycles. The Balaban J connectivity index is 2.57. The Labute approximate surface area is 53.9 Å². The second-order valence-corrected chi connectivity index (χ2v) is 1.62. The number of hydrogen-bond acceptors (Lipinski definition) is 2. The molecular weight excluding hydrogens is 114 g/mol. The molecule has 0 fully saturated rings. The van der Waals surface area contributed by atoms with Crippen molar-refractivity contribution in [2.75, 3.05) is 13.7 Å². The van der Waals surface area contributed by atoms with Crippen LogP contribution >= 0.6 is 0 Å². The summed E-state index contributed by atoms with van der Waals surface area (Å²) < 4.78 is 4.83. The molecule has 9 heavy (non-hydrogen) atoms. The zero-order valence-corrected chi connectivity index (χ0v) is 5.22. The third-order valence-corrected chi connectivity index (χ3v) is 0.909. The highest BCUT2D eigenvalue weighted by molar-refractivity contribution is 5.96. The van der Waals surface area contributed by atoms with Gasteiger partial charge in [-0.2, -0.15) is 0 Å². The van der Waals surface area contributed by atoms with Crippen LogP contribution < -0.4 is 0 Å². The highest BCUT2D eigenvalue weighted by Gasteiger charge is 1.90. The smallest absolute Gasteiger partial charge is 0.0890 e. The second kappa shape index (κ2) is 3.06. The Morgan fingerprint density at radius 2 is 2.56 bits per heavy atom. The van der Waals surface area contributed by atoms with Gasteiger partial charge in [0.05, 0.1) is 18.5 Å². The second-order valence-electron chi connectivity index (χ2n) is 1.62. The summed E-state index contributed by atoms with van der Waals surface area (Å²) in [5.41, 5.74) is 6.36. The number of hydrogen-bond donors (Lipinski definition) is 0. The topological polar surface area (TPSA) is 21.6 Å². The Kier molecular flexibility index (Phi) is 2.06. The van der Waals surface area contributed by atoms with Gasteiger partial charge in [0.1, 0.15) is 0 Å². The summed E-state index contributed by atoms with van der Waals surface area (Å²) >= 11 is 0. The van der Waals surface area contributed by atoms with E-state index in [1.165, 1.54) is 0 Å². The molecule has 0 saturated carbocycles. The first-order valence-electron chi connectivity index (χ1n) is 2.65. The fraction of sp³-hybridized carbons (Fsp3) is 0.286. The lowest BCUT2D eigenvalue weighted by molar-refractivity contribution is 0.246. The van der Waals surface area contributed by atoms with Crippen LogP contribution in [0, 0.1) is 0 Å². The summed E-state index contributed by atoms with van der Waals surface area (Å²) in [6.45, 7) is 0.547. The fourth-order valence-corrected chi connectivity index (χ4v) is 0.542. The average molecular weight is 121 g/mol. The van der Waals surface area contributed by atoms with Crippen LogP contribution in [0.15, 0.2) is 28.7 Å². The van der Waals surface area contributed by atoms with Gasteiger partial charge >= 0.3 is 0 Å². The lowest BCUT2D eigenvalue weighted by atomic mass is 10.3. The third-order valence-electron chi connectivity index (χ3n) is 0.909. The van der Waals surface area contributed by atoms with Crippen molar-refractivity contribution in [1.82, 2.24) is 0 Å². The minimum absolute atomic E-state index is 0.547. The van der Waals surface area contributed by atoms with Gasteiger partial charge in [-0.15, -0.1) is 0 Å². The van der Waals surface area contributed by atoms with Crippen molar-refractivity contribution in [1.29, 1.82) is 0 Å². The molecule has 0 bridgehead atoms. The van der Waals surface area contributed by atoms with Gasteiger partial charge in [-0.25, -0.2) is 4.99 Å². The van der Waals surface area contributed by atoms with Crippen molar-refractivity contribution in [2.24, 2.45) is 4.99 Å². The van der Waals surface area contributed by atoms with Crippen LogP contribution in [0.4, 0.5) is 0 Å². The first kappa shape index (κ1) is 6.06. The highest BCUT2D eigenvalue weighted by atomic mass is 16.5. The lowest BCUT2D eigenvalue weighted by Gasteiger charge is -1.95. The molecule has 0 amide bonds. The molecule has 46 valence electrons. The van der Waals surface area contributed by atoms with Crippen molar-refractivity contribution < 1.29 is 4.74 Å². The number of methoxy groups -OCH3 is 1. The SMILES string of the molecule is COCC1=NC=C=C=C1. The largest absolute Gasteiger partial charge is 0.378 e. The molecule has 0 atom stereocenters. The van der Waals surface area contributed by atoms with Gasteiger partial charge in [-0.05, 0) is 0 Å². The monoisotopic (exact) mass is 121 g/mol. The zero-order valence-electron chi connectivity index (χ0n) is 5.22. The molecule has 1 heterocycles. The molecule has 1 aliphatic rings. The van der Waals surface area contributed by atoms with Gasteiger partial charge in [-0.1, -0.05) is 11.5 Å². The molecule has 2 heteroatoms. The summed E-state index contributed by atoms with van der Waals surface area (Å²) in [7, 11) is 1.64. The summed E-state index contributed by atoms with van der Waals surface area (Å²) in [5.74, 6) is 0. The molecule has 0 N–H and O–H groups in total. The molecule has 0 aromatic carbocycles. The van der Waals surface area contributed by atoms with Gasteiger partial charge in [0.15, 0.2) is 0 Å². The molecule has 0 aliphatic carbocycles. The van der Waals surface area contributed by atoms with E-state index in [4.69, 9.17) is 4.74 Å². The molecule has 0 aromatic rings. The van der Waals surface area contributed by atoms with Crippen LogP contribution in [0.1, 0.15) is 0 Å². The van der Waals surface area contributed by atoms with E-state index in [2.05, 4.69) is 16.5 Å². The maximum Gasteiger partial charge on any atom is 0.0890 e. The molecular formula is C7H7NO. The summed E-state index contributed by atoms with van der Waals surface area (Å²) in [6.07, 6.45) is 3.33. The predicted octanol–water partition coefficient (Wildman–Crippen LogP) is 0.911. The van der Waals surface area contributed by atoms with Crippen LogP contribution in [0.5, 0.6) is 0 Å². The van der Waals surface area contributed by atoms with Crippen molar-refractivity contribution >= 4 is 5.71 Å². The van der Waals surface area contributed by atoms with Gasteiger partial charge in [-0.3, -0.25) is 0 Å². The first-order valence-corrected chi connectivity index (χ1v) is 2.65. The van der Waals surface area contributed by atoms with Crippen molar-refractivity contribution in [3.05, 3.63) is 23.7 Å². The molecule has 1 aliphatic heterocycles. The van der Waals surface area contributed by atoms with Gasteiger partial charge < -0.3 is 4.74 Å². The van der Waals surface area contributed by atoms with E-state index in [1.807, 2.05) is 0 Å². The Bertz CT molecular complexity index is 215. The molecule has 0 unspecified atom stereocenters. The van der Waals surface area contributed by atoms with Gasteiger partial charge in [0.25, 0.3) is 0 Å². The summed E-state index contributed by atoms with van der Waals surface area (Å²) in [6, 6.07) is 0. The summed E-state index contributed by atoms with van der Waals surface area (Å²) in [4.78, 5) is 3.96. The molecule has 2 nitrogen and oxygen atoms in total. The minimum Gasteiger partial charge on any atom is -0.378 e. The maximum atomic E-state index is 4.83. The number of ether oxygens (including phenoxy) is 1. The normalized spacial score (nSPS) is 14.1. The number of rotatable bonds is 2. The Hall–Kier alpha value is -1.07. The van der Waals surface area contributed by atoms with Crippen LogP contribution in [-0.2, 0) is 4.74 Å². The highest BCUT2D eigenvalue weighted by Crippen LogP contribution is 1.87. The first-order chi connectivity index (χ1) is 4.43. The maximum absolute atomic E-state index is 4.83. The van der Waals surface area contributed by atoms with Crippen LogP contribution in [0.25, 0.3) is 0 Å². The van der Waals surface area contributed by atoms with Crippen molar-refractivity contribution in [3.8, 4) is 0 Å². The molecule has 0 saturated heterocycles. The minimum atomic E-state index is 0.547. The van der Waals surface area contributed by atoms with Crippen LogP contribution in [0.2, 0.25) is 0 Å². The Morgan fingerprint density at radius 3 is 3.11 bits per heavy atom. The van der Waals surface area contributed by atoms with E-state index in [1.54, 1.807) is 19.4 Å². The van der Waals surface area contributed by atoms with Crippen molar-refractivity contribution in [3.63, 3.8) is 0 Å². The summed E-state index contributed by atoms with van der Waals surface area (Å²) in [5, 5.41) is 0. The predicted molar refractivity (Wildman–Crippen MR) is 35.5 cm³/mol. The third kappa shape index (κ3) is 1.71. The molecule has 1 rings (SSSR count). The number of nitrogens with zero attached hydrogens (tertiary/aromatic N) is 1. The quantitative estimate of drug-likeness (QED) is 0.497. The zero-order chi connectivity index (χ0) is 6.53. The van der Waals surface area contributed by atoms with E-state index >= 15 is 0 Å². The molecule has 0 spiro atoms. The van der Waals surface area contributed by atoms with E-state index < -0.39 is 0 Å². The van der Waals surface area contributed by atoms with Crippen molar-refractivity contribution in [2.45, 2.75) is 0 Å². The number of aliphatic imine (C=N–C) groups is 1. The molecule has 0 radical (unpaired) electrons. The van der Waals surface area contributed by atoms with Crippen LogP contribution in [-0.4, -0.2) is 19.4 Å². The van der Waals surface area contributed by atoms with E-state index in [9.17, 15) is 0 Å². The average Bonchev–Trinajstić information content (AvgIpc) is 1.91. The van der Waals surface area contributed by atoms with Gasteiger partial charge in [0, 0.05) is 13.2 Å². The Morgan fingerprint density at radius 1 is 1.67 bits per heavy atom. The van der Waals surface area contributed by atoms with Crippen LogP contribution in [0.3, 0.4) is 0 Å².